The third-order valence-corrected chi connectivity index (χ3v) is 1.53. The molecule has 0 saturated carbocycles. The molecule has 0 unspecified atom stereocenters. The van der Waals surface area contributed by atoms with Gasteiger partial charge < -0.3 is 0 Å². The summed E-state index contributed by atoms with van der Waals surface area (Å²) in [4.78, 5) is 5.10. The first-order chi connectivity index (χ1) is 5.29. The average molecular weight is 173 g/mol. The van der Waals surface area contributed by atoms with Crippen LogP contribution in [0.5, 0.6) is 0 Å². The highest BCUT2D eigenvalue weighted by Crippen LogP contribution is 1.95. The minimum absolute atomic E-state index is 0.196. The van der Waals surface area contributed by atoms with E-state index >= 15 is 0 Å². The Kier molecular flexibility index (Phi) is 3.41. The first-order valence-electron chi connectivity index (χ1n) is 3.43. The maximum atomic E-state index is 5.10. The smallest absolute Gasteiger partial charge is 0.0917 e. The standard InChI is InChI=1S/C6H11N3OS/c1-5(2)10-7-3-6-4-11-9-8-6/h4-5,7H,3H2,1-2H3. The maximum Gasteiger partial charge on any atom is 0.0917 e. The second-order valence-electron chi connectivity index (χ2n) is 2.38. The number of hydrogen-bond acceptors (Lipinski definition) is 5. The van der Waals surface area contributed by atoms with Crippen molar-refractivity contribution in [2.45, 2.75) is 26.5 Å². The monoisotopic (exact) mass is 173 g/mol. The Morgan fingerprint density at radius 2 is 2.55 bits per heavy atom. The highest BCUT2D eigenvalue weighted by atomic mass is 32.1. The molecule has 0 aliphatic rings. The third-order valence-electron chi connectivity index (χ3n) is 0.977. The molecule has 0 aromatic carbocycles. The van der Waals surface area contributed by atoms with Crippen LogP contribution in [-0.4, -0.2) is 15.7 Å². The van der Waals surface area contributed by atoms with E-state index in [2.05, 4.69) is 15.1 Å². The number of hydrogen-bond donors (Lipinski definition) is 1. The number of aromatic nitrogens is 2. The van der Waals surface area contributed by atoms with Crippen molar-refractivity contribution in [2.24, 2.45) is 0 Å². The number of nitrogens with one attached hydrogen (secondary N) is 1. The van der Waals surface area contributed by atoms with Crippen molar-refractivity contribution >= 4 is 11.5 Å². The van der Waals surface area contributed by atoms with Gasteiger partial charge in [0.25, 0.3) is 0 Å². The lowest BCUT2D eigenvalue weighted by molar-refractivity contribution is -0.00937. The van der Waals surface area contributed by atoms with Gasteiger partial charge in [-0.2, -0.15) is 5.48 Å². The molecule has 1 aromatic heterocycles. The Morgan fingerprint density at radius 1 is 1.73 bits per heavy atom. The van der Waals surface area contributed by atoms with Crippen LogP contribution in [-0.2, 0) is 11.4 Å². The van der Waals surface area contributed by atoms with Crippen molar-refractivity contribution in [1.29, 1.82) is 0 Å². The second kappa shape index (κ2) is 4.38. The fourth-order valence-corrected chi connectivity index (χ4v) is 0.995. The van der Waals surface area contributed by atoms with Crippen molar-refractivity contribution in [2.75, 3.05) is 0 Å². The van der Waals surface area contributed by atoms with Gasteiger partial charge in [0.15, 0.2) is 0 Å². The van der Waals surface area contributed by atoms with Crippen LogP contribution in [0, 0.1) is 0 Å². The molecule has 0 aliphatic heterocycles. The molecular weight excluding hydrogens is 162 g/mol. The summed E-state index contributed by atoms with van der Waals surface area (Å²) in [5, 5.41) is 5.72. The molecular formula is C6H11N3OS. The molecule has 0 bridgehead atoms. The van der Waals surface area contributed by atoms with E-state index < -0.39 is 0 Å². The van der Waals surface area contributed by atoms with Crippen LogP contribution >= 0.6 is 11.5 Å². The van der Waals surface area contributed by atoms with Gasteiger partial charge in [-0.25, -0.2) is 0 Å². The van der Waals surface area contributed by atoms with Crippen LogP contribution in [0.2, 0.25) is 0 Å². The third kappa shape index (κ3) is 3.41. The Balaban J connectivity index is 2.14. The molecule has 4 nitrogen and oxygen atoms in total. The lowest BCUT2D eigenvalue weighted by atomic mass is 10.5. The SMILES string of the molecule is CC(C)ONCc1csnn1. The summed E-state index contributed by atoms with van der Waals surface area (Å²) in [5.41, 5.74) is 3.70. The minimum Gasteiger partial charge on any atom is -0.299 e. The van der Waals surface area contributed by atoms with Crippen LogP contribution < -0.4 is 5.48 Å². The normalized spacial score (nSPS) is 10.8. The van der Waals surface area contributed by atoms with Gasteiger partial charge in [-0.15, -0.1) is 5.10 Å². The second-order valence-corrected chi connectivity index (χ2v) is 2.99. The van der Waals surface area contributed by atoms with Crippen molar-refractivity contribution in [3.63, 3.8) is 0 Å². The summed E-state index contributed by atoms with van der Waals surface area (Å²) in [6, 6.07) is 0. The van der Waals surface area contributed by atoms with Crippen molar-refractivity contribution in [3.8, 4) is 0 Å². The lowest BCUT2D eigenvalue weighted by Crippen LogP contribution is -2.19. The zero-order chi connectivity index (χ0) is 8.10. The summed E-state index contributed by atoms with van der Waals surface area (Å²) in [7, 11) is 0. The molecule has 0 saturated heterocycles. The van der Waals surface area contributed by atoms with E-state index in [1.807, 2.05) is 19.2 Å². The van der Waals surface area contributed by atoms with Gasteiger partial charge in [0.05, 0.1) is 18.3 Å². The van der Waals surface area contributed by atoms with E-state index in [0.29, 0.717) is 6.54 Å². The predicted octanol–water partition coefficient (Wildman–Crippen LogP) is 0.968. The molecule has 1 aromatic rings. The number of nitrogens with zero attached hydrogens (tertiary/aromatic N) is 2. The van der Waals surface area contributed by atoms with Gasteiger partial charge in [0.2, 0.25) is 0 Å². The maximum absolute atomic E-state index is 5.10. The Morgan fingerprint density at radius 3 is 3.09 bits per heavy atom. The molecule has 1 N–H and O–H groups in total. The van der Waals surface area contributed by atoms with Gasteiger partial charge in [-0.3, -0.25) is 4.84 Å². The zero-order valence-electron chi connectivity index (χ0n) is 6.57. The Hall–Kier alpha value is -0.520. The molecule has 1 rings (SSSR count). The molecule has 0 aliphatic carbocycles. The van der Waals surface area contributed by atoms with Crippen LogP contribution in [0.1, 0.15) is 19.5 Å². The van der Waals surface area contributed by atoms with Gasteiger partial charge in [0.1, 0.15) is 0 Å². The Labute approximate surface area is 69.7 Å². The molecule has 0 spiro atoms. The molecule has 0 amide bonds. The van der Waals surface area contributed by atoms with Gasteiger partial charge in [0, 0.05) is 5.38 Å². The molecule has 0 fully saturated rings. The molecule has 62 valence electrons. The average Bonchev–Trinajstić information content (AvgIpc) is 2.39. The van der Waals surface area contributed by atoms with Crippen LogP contribution in [0.15, 0.2) is 5.38 Å². The highest BCUT2D eigenvalue weighted by molar-refractivity contribution is 7.03. The molecule has 1 heterocycles. The summed E-state index contributed by atoms with van der Waals surface area (Å²) in [5.74, 6) is 0. The van der Waals surface area contributed by atoms with Gasteiger partial charge >= 0.3 is 0 Å². The topological polar surface area (TPSA) is 47.0 Å². The fourth-order valence-electron chi connectivity index (χ4n) is 0.543. The molecule has 0 radical (unpaired) electrons. The lowest BCUT2D eigenvalue weighted by Gasteiger charge is -2.05. The predicted molar refractivity (Wildman–Crippen MR) is 43.0 cm³/mol. The van der Waals surface area contributed by atoms with E-state index in [-0.39, 0.29) is 6.10 Å². The molecule has 0 atom stereocenters. The van der Waals surface area contributed by atoms with Crippen LogP contribution in [0.25, 0.3) is 0 Å². The fraction of sp³-hybridized carbons (Fsp3) is 0.667. The largest absolute Gasteiger partial charge is 0.299 e. The van der Waals surface area contributed by atoms with E-state index in [9.17, 15) is 0 Å². The highest BCUT2D eigenvalue weighted by Gasteiger charge is 1.96. The summed E-state index contributed by atoms with van der Waals surface area (Å²) in [6.07, 6.45) is 0.196. The van der Waals surface area contributed by atoms with Crippen LogP contribution in [0.3, 0.4) is 0 Å². The van der Waals surface area contributed by atoms with E-state index in [1.54, 1.807) is 0 Å². The zero-order valence-corrected chi connectivity index (χ0v) is 7.39. The Bertz CT molecular complexity index is 188. The summed E-state index contributed by atoms with van der Waals surface area (Å²) in [6.45, 7) is 4.55. The minimum atomic E-state index is 0.196. The van der Waals surface area contributed by atoms with Crippen molar-refractivity contribution in [3.05, 3.63) is 11.1 Å². The van der Waals surface area contributed by atoms with Crippen molar-refractivity contribution < 1.29 is 4.84 Å². The van der Waals surface area contributed by atoms with Crippen molar-refractivity contribution in [1.82, 2.24) is 15.1 Å². The summed E-state index contributed by atoms with van der Waals surface area (Å²) >= 11 is 1.34. The first kappa shape index (κ1) is 8.58. The van der Waals surface area contributed by atoms with Crippen LogP contribution in [0.4, 0.5) is 0 Å². The van der Waals surface area contributed by atoms with E-state index in [4.69, 9.17) is 4.84 Å². The molecule has 11 heavy (non-hydrogen) atoms. The van der Waals surface area contributed by atoms with Gasteiger partial charge in [-0.1, -0.05) is 4.49 Å². The quantitative estimate of drug-likeness (QED) is 0.689. The molecule has 5 heteroatoms. The number of rotatable bonds is 4. The van der Waals surface area contributed by atoms with E-state index in [0.717, 1.165) is 5.69 Å². The van der Waals surface area contributed by atoms with E-state index in [1.165, 1.54) is 11.5 Å². The first-order valence-corrected chi connectivity index (χ1v) is 4.27. The summed E-state index contributed by atoms with van der Waals surface area (Å²) < 4.78 is 3.72. The van der Waals surface area contributed by atoms with Gasteiger partial charge in [-0.05, 0) is 25.4 Å². The number of hydroxylamine groups is 1.